The van der Waals surface area contributed by atoms with Gasteiger partial charge in [-0.05, 0) is 30.9 Å². The summed E-state index contributed by atoms with van der Waals surface area (Å²) in [6.07, 6.45) is 0.694. The number of piperidine rings is 1. The van der Waals surface area contributed by atoms with Gasteiger partial charge in [0.15, 0.2) is 0 Å². The molecule has 1 aliphatic rings. The molecule has 0 saturated carbocycles. The van der Waals surface area contributed by atoms with Crippen molar-refractivity contribution in [3.63, 3.8) is 0 Å². The lowest BCUT2D eigenvalue weighted by molar-refractivity contribution is -0.129. The van der Waals surface area contributed by atoms with E-state index >= 15 is 0 Å². The SMILES string of the molecule is CC(C)C(O)CC(=O)NC1CCCN(c2ccccc2Cl)C1=O. The van der Waals surface area contributed by atoms with Crippen molar-refractivity contribution in [1.29, 1.82) is 0 Å². The standard InChI is InChI=1S/C17H23ClN2O3/c1-11(2)15(21)10-16(22)19-13-7-5-9-20(17(13)23)14-8-4-3-6-12(14)18/h3-4,6,8,11,13,15,21H,5,7,9-10H2,1-2H3,(H,19,22). The van der Waals surface area contributed by atoms with Crippen molar-refractivity contribution in [2.45, 2.75) is 45.3 Å². The van der Waals surface area contributed by atoms with Gasteiger partial charge in [0, 0.05) is 6.54 Å². The van der Waals surface area contributed by atoms with Crippen LogP contribution in [0.1, 0.15) is 33.1 Å². The third kappa shape index (κ3) is 4.45. The van der Waals surface area contributed by atoms with E-state index in [0.29, 0.717) is 23.7 Å². The Kier molecular flexibility index (Phi) is 6.02. The fourth-order valence-corrected chi connectivity index (χ4v) is 2.84. The highest BCUT2D eigenvalue weighted by Crippen LogP contribution is 2.28. The number of hydrogen-bond acceptors (Lipinski definition) is 3. The van der Waals surface area contributed by atoms with Gasteiger partial charge in [-0.2, -0.15) is 0 Å². The zero-order valence-corrected chi connectivity index (χ0v) is 14.2. The highest BCUT2D eigenvalue weighted by atomic mass is 35.5. The molecule has 2 rings (SSSR count). The van der Waals surface area contributed by atoms with E-state index in [1.54, 1.807) is 17.0 Å². The Morgan fingerprint density at radius 1 is 1.43 bits per heavy atom. The number of benzene rings is 1. The number of para-hydroxylation sites is 1. The number of rotatable bonds is 5. The Labute approximate surface area is 141 Å². The summed E-state index contributed by atoms with van der Waals surface area (Å²) in [4.78, 5) is 26.3. The van der Waals surface area contributed by atoms with Gasteiger partial charge in [0.25, 0.3) is 0 Å². The minimum Gasteiger partial charge on any atom is -0.392 e. The van der Waals surface area contributed by atoms with Crippen molar-refractivity contribution in [3.05, 3.63) is 29.3 Å². The van der Waals surface area contributed by atoms with E-state index in [1.807, 2.05) is 26.0 Å². The van der Waals surface area contributed by atoms with Crippen LogP contribution in [0.15, 0.2) is 24.3 Å². The van der Waals surface area contributed by atoms with E-state index in [1.165, 1.54) is 0 Å². The number of amides is 2. The van der Waals surface area contributed by atoms with E-state index < -0.39 is 12.1 Å². The van der Waals surface area contributed by atoms with E-state index in [0.717, 1.165) is 6.42 Å². The lowest BCUT2D eigenvalue weighted by Gasteiger charge is -2.33. The molecular formula is C17H23ClN2O3. The van der Waals surface area contributed by atoms with Crippen molar-refractivity contribution >= 4 is 29.1 Å². The molecule has 2 atom stereocenters. The average Bonchev–Trinajstić information content (AvgIpc) is 2.50. The van der Waals surface area contributed by atoms with Crippen LogP contribution in [-0.4, -0.2) is 35.6 Å². The molecule has 1 fully saturated rings. The van der Waals surface area contributed by atoms with Gasteiger partial charge in [-0.3, -0.25) is 9.59 Å². The molecule has 6 heteroatoms. The van der Waals surface area contributed by atoms with Gasteiger partial charge in [0.05, 0.1) is 23.2 Å². The van der Waals surface area contributed by atoms with Gasteiger partial charge in [-0.25, -0.2) is 0 Å². The van der Waals surface area contributed by atoms with Crippen molar-refractivity contribution < 1.29 is 14.7 Å². The van der Waals surface area contributed by atoms with Crippen LogP contribution in [0.5, 0.6) is 0 Å². The summed E-state index contributed by atoms with van der Waals surface area (Å²) in [5, 5.41) is 13.0. The van der Waals surface area contributed by atoms with Crippen molar-refractivity contribution in [3.8, 4) is 0 Å². The molecule has 1 saturated heterocycles. The van der Waals surface area contributed by atoms with Gasteiger partial charge in [-0.1, -0.05) is 37.6 Å². The van der Waals surface area contributed by atoms with Gasteiger partial charge >= 0.3 is 0 Å². The molecule has 1 aliphatic heterocycles. The van der Waals surface area contributed by atoms with Crippen LogP contribution in [0, 0.1) is 5.92 Å². The monoisotopic (exact) mass is 338 g/mol. The Bertz CT molecular complexity index is 577. The predicted octanol–water partition coefficient (Wildman–Crippen LogP) is 2.36. The lowest BCUT2D eigenvalue weighted by Crippen LogP contribution is -2.53. The first-order chi connectivity index (χ1) is 10.9. The van der Waals surface area contributed by atoms with Crippen LogP contribution in [-0.2, 0) is 9.59 Å². The Morgan fingerprint density at radius 3 is 2.78 bits per heavy atom. The van der Waals surface area contributed by atoms with Gasteiger partial charge in [-0.15, -0.1) is 0 Å². The summed E-state index contributed by atoms with van der Waals surface area (Å²) in [6.45, 7) is 4.29. The predicted molar refractivity (Wildman–Crippen MR) is 90.4 cm³/mol. The van der Waals surface area contributed by atoms with Gasteiger partial charge in [0.2, 0.25) is 11.8 Å². The summed E-state index contributed by atoms with van der Waals surface area (Å²) in [5.74, 6) is -0.454. The molecule has 2 unspecified atom stereocenters. The molecule has 126 valence electrons. The molecule has 0 radical (unpaired) electrons. The summed E-state index contributed by atoms with van der Waals surface area (Å²) in [7, 11) is 0. The summed E-state index contributed by atoms with van der Waals surface area (Å²) in [5.41, 5.74) is 0.667. The van der Waals surface area contributed by atoms with Gasteiger partial charge in [0.1, 0.15) is 6.04 Å². The topological polar surface area (TPSA) is 69.6 Å². The molecule has 0 aliphatic carbocycles. The van der Waals surface area contributed by atoms with Crippen LogP contribution in [0.4, 0.5) is 5.69 Å². The molecule has 0 aromatic heterocycles. The summed E-state index contributed by atoms with van der Waals surface area (Å²) < 4.78 is 0. The molecule has 0 spiro atoms. The maximum absolute atomic E-state index is 12.6. The molecule has 23 heavy (non-hydrogen) atoms. The minimum absolute atomic E-state index is 0.00225. The van der Waals surface area contributed by atoms with Crippen molar-refractivity contribution in [2.24, 2.45) is 5.92 Å². The highest BCUT2D eigenvalue weighted by Gasteiger charge is 2.32. The molecule has 1 aromatic rings. The number of carbonyl (C=O) groups is 2. The molecule has 5 nitrogen and oxygen atoms in total. The average molecular weight is 339 g/mol. The number of anilines is 1. The van der Waals surface area contributed by atoms with Crippen LogP contribution in [0.25, 0.3) is 0 Å². The van der Waals surface area contributed by atoms with Crippen molar-refractivity contribution in [2.75, 3.05) is 11.4 Å². The molecule has 0 bridgehead atoms. The number of aliphatic hydroxyl groups is 1. The largest absolute Gasteiger partial charge is 0.392 e. The molecule has 2 amide bonds. The Balaban J connectivity index is 2.03. The molecular weight excluding hydrogens is 316 g/mol. The molecule has 2 N–H and O–H groups in total. The van der Waals surface area contributed by atoms with Crippen molar-refractivity contribution in [1.82, 2.24) is 5.32 Å². The number of halogens is 1. The van der Waals surface area contributed by atoms with Crippen LogP contribution < -0.4 is 10.2 Å². The van der Waals surface area contributed by atoms with E-state index in [-0.39, 0.29) is 24.2 Å². The zero-order chi connectivity index (χ0) is 17.0. The van der Waals surface area contributed by atoms with Crippen LogP contribution >= 0.6 is 11.6 Å². The number of hydrogen-bond donors (Lipinski definition) is 2. The van der Waals surface area contributed by atoms with Crippen LogP contribution in [0.2, 0.25) is 5.02 Å². The number of nitrogens with one attached hydrogen (secondary N) is 1. The molecule has 1 aromatic carbocycles. The Morgan fingerprint density at radius 2 is 2.13 bits per heavy atom. The smallest absolute Gasteiger partial charge is 0.249 e. The van der Waals surface area contributed by atoms with E-state index in [9.17, 15) is 14.7 Å². The first-order valence-electron chi connectivity index (χ1n) is 7.93. The van der Waals surface area contributed by atoms with E-state index in [2.05, 4.69) is 5.32 Å². The number of nitrogens with zero attached hydrogens (tertiary/aromatic N) is 1. The second kappa shape index (κ2) is 7.79. The maximum Gasteiger partial charge on any atom is 0.249 e. The first kappa shape index (κ1) is 17.8. The fourth-order valence-electron chi connectivity index (χ4n) is 2.60. The fraction of sp³-hybridized carbons (Fsp3) is 0.529. The summed E-state index contributed by atoms with van der Waals surface area (Å²) >= 11 is 6.17. The quantitative estimate of drug-likeness (QED) is 0.866. The second-order valence-electron chi connectivity index (χ2n) is 6.22. The first-order valence-corrected chi connectivity index (χ1v) is 8.31. The number of carbonyl (C=O) groups excluding carboxylic acids is 2. The third-order valence-electron chi connectivity index (χ3n) is 4.08. The second-order valence-corrected chi connectivity index (χ2v) is 6.63. The molecule has 1 heterocycles. The van der Waals surface area contributed by atoms with E-state index in [4.69, 9.17) is 11.6 Å². The third-order valence-corrected chi connectivity index (χ3v) is 4.40. The summed E-state index contributed by atoms with van der Waals surface area (Å²) in [6, 6.07) is 6.62. The van der Waals surface area contributed by atoms with Crippen LogP contribution in [0.3, 0.4) is 0 Å². The number of aliphatic hydroxyl groups excluding tert-OH is 1. The lowest BCUT2D eigenvalue weighted by atomic mass is 10.0. The normalized spacial score (nSPS) is 19.8. The Hall–Kier alpha value is -1.59. The maximum atomic E-state index is 12.6. The minimum atomic E-state index is -0.701. The highest BCUT2D eigenvalue weighted by molar-refractivity contribution is 6.33. The van der Waals surface area contributed by atoms with Gasteiger partial charge < -0.3 is 15.3 Å². The zero-order valence-electron chi connectivity index (χ0n) is 13.5.